The summed E-state index contributed by atoms with van der Waals surface area (Å²) in [5, 5.41) is 2.48. The van der Waals surface area contributed by atoms with E-state index in [2.05, 4.69) is 24.3 Å². The topological polar surface area (TPSA) is 15.3 Å². The Hall–Kier alpha value is -0.0800. The molecular formula is C14H28N2. The highest BCUT2D eigenvalue weighted by molar-refractivity contribution is 4.79. The van der Waals surface area contributed by atoms with Crippen LogP contribution < -0.4 is 5.43 Å². The molecule has 1 heterocycles. The molecule has 2 fully saturated rings. The lowest BCUT2D eigenvalue weighted by Crippen LogP contribution is -2.47. The molecular weight excluding hydrogens is 196 g/mol. The first-order valence-corrected chi connectivity index (χ1v) is 7.17. The number of nitrogens with zero attached hydrogens (tertiary/aromatic N) is 1. The average molecular weight is 224 g/mol. The van der Waals surface area contributed by atoms with Gasteiger partial charge in [0, 0.05) is 19.1 Å². The van der Waals surface area contributed by atoms with Gasteiger partial charge in [-0.05, 0) is 43.9 Å². The van der Waals surface area contributed by atoms with Gasteiger partial charge in [-0.25, -0.2) is 5.01 Å². The van der Waals surface area contributed by atoms with Crippen LogP contribution in [-0.4, -0.2) is 24.1 Å². The van der Waals surface area contributed by atoms with Crippen LogP contribution in [0.4, 0.5) is 0 Å². The summed E-state index contributed by atoms with van der Waals surface area (Å²) < 4.78 is 0. The normalized spacial score (nSPS) is 32.2. The van der Waals surface area contributed by atoms with E-state index in [0.29, 0.717) is 5.41 Å². The summed E-state index contributed by atoms with van der Waals surface area (Å²) in [4.78, 5) is 0. The van der Waals surface area contributed by atoms with Crippen LogP contribution in [-0.2, 0) is 0 Å². The quantitative estimate of drug-likeness (QED) is 0.724. The molecule has 1 saturated carbocycles. The Morgan fingerprint density at radius 3 is 2.44 bits per heavy atom. The maximum Gasteiger partial charge on any atom is 0.0215 e. The van der Waals surface area contributed by atoms with E-state index in [9.17, 15) is 0 Å². The lowest BCUT2D eigenvalue weighted by atomic mass is 9.85. The van der Waals surface area contributed by atoms with Gasteiger partial charge < -0.3 is 0 Å². The molecule has 0 aromatic carbocycles. The molecule has 94 valence electrons. The number of piperidine rings is 1. The van der Waals surface area contributed by atoms with Crippen LogP contribution in [0.25, 0.3) is 0 Å². The van der Waals surface area contributed by atoms with Gasteiger partial charge in [0.15, 0.2) is 0 Å². The van der Waals surface area contributed by atoms with Crippen molar-refractivity contribution in [2.24, 2.45) is 5.41 Å². The second kappa shape index (κ2) is 5.50. The molecule has 0 amide bonds. The predicted octanol–water partition coefficient (Wildman–Crippen LogP) is 3.34. The molecule has 16 heavy (non-hydrogen) atoms. The van der Waals surface area contributed by atoms with E-state index in [-0.39, 0.29) is 0 Å². The van der Waals surface area contributed by atoms with Gasteiger partial charge in [0.2, 0.25) is 0 Å². The summed E-state index contributed by atoms with van der Waals surface area (Å²) in [7, 11) is 0. The maximum atomic E-state index is 3.77. The van der Waals surface area contributed by atoms with Gasteiger partial charge in [-0.2, -0.15) is 0 Å². The zero-order valence-electron chi connectivity index (χ0n) is 11.1. The third kappa shape index (κ3) is 3.74. The first-order valence-electron chi connectivity index (χ1n) is 7.17. The molecule has 1 unspecified atom stereocenters. The van der Waals surface area contributed by atoms with Crippen molar-refractivity contribution in [3.63, 3.8) is 0 Å². The fourth-order valence-corrected chi connectivity index (χ4v) is 3.07. The molecule has 1 atom stereocenters. The SMILES string of the molecule is CC1(C)CCCC(NN2CCCCC2)CC1. The Kier molecular flexibility index (Phi) is 4.26. The summed E-state index contributed by atoms with van der Waals surface area (Å²) in [6, 6.07) is 0.750. The molecule has 2 rings (SSSR count). The molecule has 0 radical (unpaired) electrons. The monoisotopic (exact) mass is 224 g/mol. The third-order valence-electron chi connectivity index (χ3n) is 4.30. The molecule has 2 aliphatic rings. The molecule has 0 aromatic rings. The van der Waals surface area contributed by atoms with Crippen molar-refractivity contribution in [2.75, 3.05) is 13.1 Å². The second-order valence-corrected chi connectivity index (χ2v) is 6.47. The third-order valence-corrected chi connectivity index (χ3v) is 4.30. The van der Waals surface area contributed by atoms with Crippen LogP contribution in [0, 0.1) is 5.41 Å². The summed E-state index contributed by atoms with van der Waals surface area (Å²) >= 11 is 0. The Morgan fingerprint density at radius 1 is 0.938 bits per heavy atom. The van der Waals surface area contributed by atoms with Crippen LogP contribution >= 0.6 is 0 Å². The van der Waals surface area contributed by atoms with Crippen molar-refractivity contribution in [2.45, 2.75) is 71.3 Å². The summed E-state index contributed by atoms with van der Waals surface area (Å²) in [6.45, 7) is 7.38. The van der Waals surface area contributed by atoms with Gasteiger partial charge in [0.05, 0.1) is 0 Å². The van der Waals surface area contributed by atoms with Crippen LogP contribution in [0.3, 0.4) is 0 Å². The van der Waals surface area contributed by atoms with Crippen molar-refractivity contribution in [1.82, 2.24) is 10.4 Å². The number of hydrogen-bond donors (Lipinski definition) is 1. The minimum atomic E-state index is 0.582. The fraction of sp³-hybridized carbons (Fsp3) is 1.00. The zero-order chi connectivity index (χ0) is 11.4. The highest BCUT2D eigenvalue weighted by Gasteiger charge is 2.25. The van der Waals surface area contributed by atoms with E-state index in [1.807, 2.05) is 0 Å². The van der Waals surface area contributed by atoms with E-state index in [1.165, 1.54) is 64.5 Å². The Morgan fingerprint density at radius 2 is 1.69 bits per heavy atom. The van der Waals surface area contributed by atoms with Crippen LogP contribution in [0.15, 0.2) is 0 Å². The molecule has 0 spiro atoms. The number of hydrogen-bond acceptors (Lipinski definition) is 2. The molecule has 0 aromatic heterocycles. The van der Waals surface area contributed by atoms with Gasteiger partial charge in [0.25, 0.3) is 0 Å². The molecule has 1 aliphatic carbocycles. The molecule has 1 N–H and O–H groups in total. The summed E-state index contributed by atoms with van der Waals surface area (Å²) in [5.74, 6) is 0. The zero-order valence-corrected chi connectivity index (χ0v) is 11.1. The minimum absolute atomic E-state index is 0.582. The second-order valence-electron chi connectivity index (χ2n) is 6.47. The lowest BCUT2D eigenvalue weighted by Gasteiger charge is -2.31. The Balaban J connectivity index is 1.76. The van der Waals surface area contributed by atoms with Crippen molar-refractivity contribution in [1.29, 1.82) is 0 Å². The smallest absolute Gasteiger partial charge is 0.0215 e. The maximum absolute atomic E-state index is 3.77. The van der Waals surface area contributed by atoms with Crippen molar-refractivity contribution in [3.8, 4) is 0 Å². The molecule has 1 saturated heterocycles. The van der Waals surface area contributed by atoms with Gasteiger partial charge in [0.1, 0.15) is 0 Å². The largest absolute Gasteiger partial charge is 0.252 e. The highest BCUT2D eigenvalue weighted by atomic mass is 15.5. The predicted molar refractivity (Wildman–Crippen MR) is 69.2 cm³/mol. The molecule has 2 heteroatoms. The standard InChI is InChI=1S/C14H28N2/c1-14(2)9-6-7-13(8-10-14)15-16-11-4-3-5-12-16/h13,15H,3-12H2,1-2H3. The molecule has 0 bridgehead atoms. The molecule has 1 aliphatic heterocycles. The highest BCUT2D eigenvalue weighted by Crippen LogP contribution is 2.33. The fourth-order valence-electron chi connectivity index (χ4n) is 3.07. The lowest BCUT2D eigenvalue weighted by molar-refractivity contribution is 0.121. The van der Waals surface area contributed by atoms with E-state index in [4.69, 9.17) is 0 Å². The Bertz CT molecular complexity index is 207. The van der Waals surface area contributed by atoms with E-state index in [1.54, 1.807) is 0 Å². The van der Waals surface area contributed by atoms with Crippen molar-refractivity contribution < 1.29 is 0 Å². The van der Waals surface area contributed by atoms with Crippen molar-refractivity contribution >= 4 is 0 Å². The number of nitrogens with one attached hydrogen (secondary N) is 1. The van der Waals surface area contributed by atoms with Crippen LogP contribution in [0.5, 0.6) is 0 Å². The summed E-state index contributed by atoms with van der Waals surface area (Å²) in [5.41, 5.74) is 4.35. The van der Waals surface area contributed by atoms with Crippen LogP contribution in [0.1, 0.15) is 65.2 Å². The molecule has 2 nitrogen and oxygen atoms in total. The van der Waals surface area contributed by atoms with E-state index in [0.717, 1.165) is 6.04 Å². The minimum Gasteiger partial charge on any atom is -0.252 e. The number of rotatable bonds is 2. The van der Waals surface area contributed by atoms with Crippen LogP contribution in [0.2, 0.25) is 0 Å². The van der Waals surface area contributed by atoms with E-state index < -0.39 is 0 Å². The van der Waals surface area contributed by atoms with Gasteiger partial charge in [-0.3, -0.25) is 5.43 Å². The van der Waals surface area contributed by atoms with Gasteiger partial charge >= 0.3 is 0 Å². The number of hydrazine groups is 1. The first-order chi connectivity index (χ1) is 7.66. The van der Waals surface area contributed by atoms with Gasteiger partial charge in [-0.15, -0.1) is 0 Å². The average Bonchev–Trinajstić information content (AvgIpc) is 2.42. The Labute approximate surface area is 101 Å². The van der Waals surface area contributed by atoms with Gasteiger partial charge in [-0.1, -0.05) is 26.7 Å². The van der Waals surface area contributed by atoms with E-state index >= 15 is 0 Å². The summed E-state index contributed by atoms with van der Waals surface area (Å²) in [6.07, 6.45) is 11.1. The van der Waals surface area contributed by atoms with Crippen molar-refractivity contribution in [3.05, 3.63) is 0 Å². The first kappa shape index (κ1) is 12.4.